The maximum absolute atomic E-state index is 12.9. The minimum atomic E-state index is -0.787. The Balaban J connectivity index is 2.40. The molecule has 0 amide bonds. The molecule has 0 saturated carbocycles. The van der Waals surface area contributed by atoms with E-state index in [4.69, 9.17) is 0 Å². The number of hydrogen-bond acceptors (Lipinski definition) is 2. The van der Waals surface area contributed by atoms with Crippen LogP contribution < -0.4 is 0 Å². The van der Waals surface area contributed by atoms with E-state index in [2.05, 4.69) is 20.9 Å². The van der Waals surface area contributed by atoms with Gasteiger partial charge in [0.05, 0.1) is 0 Å². The van der Waals surface area contributed by atoms with Gasteiger partial charge in [-0.15, -0.1) is 0 Å². The molecule has 0 aliphatic carbocycles. The summed E-state index contributed by atoms with van der Waals surface area (Å²) in [7, 11) is 0. The summed E-state index contributed by atoms with van der Waals surface area (Å²) < 4.78 is 26.6. The normalized spacial score (nSPS) is 10.3. The maximum atomic E-state index is 12.9. The molecule has 1 aromatic heterocycles. The van der Waals surface area contributed by atoms with Crippen molar-refractivity contribution in [1.82, 2.24) is 4.98 Å². The second-order valence-corrected chi connectivity index (χ2v) is 4.26. The third-order valence-electron chi connectivity index (χ3n) is 2.08. The molecule has 1 aromatic carbocycles. The van der Waals surface area contributed by atoms with Gasteiger partial charge in [0.25, 0.3) is 0 Å². The summed E-state index contributed by atoms with van der Waals surface area (Å²) in [5, 5.41) is 0. The van der Waals surface area contributed by atoms with Crippen LogP contribution in [0.3, 0.4) is 0 Å². The molecular formula is C12H6BrF2NO. The number of carbonyl (C=O) groups is 1. The van der Waals surface area contributed by atoms with E-state index in [-0.39, 0.29) is 11.3 Å². The lowest BCUT2D eigenvalue weighted by atomic mass is 10.1. The summed E-state index contributed by atoms with van der Waals surface area (Å²) in [6.45, 7) is 0. The topological polar surface area (TPSA) is 30.0 Å². The average Bonchev–Trinajstić information content (AvgIpc) is 2.28. The zero-order valence-electron chi connectivity index (χ0n) is 8.45. The molecular weight excluding hydrogens is 292 g/mol. The van der Waals surface area contributed by atoms with Crippen LogP contribution in [0, 0.1) is 11.6 Å². The number of aromatic nitrogens is 1. The van der Waals surface area contributed by atoms with Crippen LogP contribution in [0.2, 0.25) is 0 Å². The van der Waals surface area contributed by atoms with Crippen molar-refractivity contribution in [2.45, 2.75) is 0 Å². The fraction of sp³-hybridized carbons (Fsp3) is 0. The summed E-state index contributed by atoms with van der Waals surface area (Å²) in [5.74, 6) is -2.09. The van der Waals surface area contributed by atoms with E-state index in [0.29, 0.717) is 6.07 Å². The minimum absolute atomic E-state index is 0.0580. The Labute approximate surface area is 104 Å². The number of carbonyl (C=O) groups excluding carboxylic acids is 1. The predicted octanol–water partition coefficient (Wildman–Crippen LogP) is 3.35. The van der Waals surface area contributed by atoms with Gasteiger partial charge in [0.1, 0.15) is 17.3 Å². The molecule has 0 unspecified atom stereocenters. The zero-order valence-corrected chi connectivity index (χ0v) is 10.0. The predicted molar refractivity (Wildman–Crippen MR) is 61.7 cm³/mol. The first-order chi connectivity index (χ1) is 8.06. The van der Waals surface area contributed by atoms with Crippen molar-refractivity contribution >= 4 is 21.7 Å². The van der Waals surface area contributed by atoms with Crippen molar-refractivity contribution in [3.05, 3.63) is 63.9 Å². The van der Waals surface area contributed by atoms with Crippen molar-refractivity contribution in [3.8, 4) is 0 Å². The Kier molecular flexibility index (Phi) is 3.28. The van der Waals surface area contributed by atoms with Crippen LogP contribution in [-0.4, -0.2) is 10.8 Å². The smallest absolute Gasteiger partial charge is 0.211 e. The van der Waals surface area contributed by atoms with Crippen LogP contribution in [0.1, 0.15) is 16.1 Å². The molecule has 5 heteroatoms. The Morgan fingerprint density at radius 1 is 1.12 bits per heavy atom. The summed E-state index contributed by atoms with van der Waals surface area (Å²) in [4.78, 5) is 15.7. The van der Waals surface area contributed by atoms with Crippen LogP contribution >= 0.6 is 15.9 Å². The largest absolute Gasteiger partial charge is 0.287 e. The fourth-order valence-corrected chi connectivity index (χ4v) is 1.58. The highest BCUT2D eigenvalue weighted by Gasteiger charge is 2.12. The Morgan fingerprint density at radius 3 is 2.29 bits per heavy atom. The van der Waals surface area contributed by atoms with E-state index >= 15 is 0 Å². The van der Waals surface area contributed by atoms with Gasteiger partial charge >= 0.3 is 0 Å². The third kappa shape index (κ3) is 2.74. The zero-order chi connectivity index (χ0) is 12.4. The summed E-state index contributed by atoms with van der Waals surface area (Å²) >= 11 is 3.18. The molecule has 0 aliphatic heterocycles. The lowest BCUT2D eigenvalue weighted by Gasteiger charge is -2.01. The number of pyridine rings is 1. The number of nitrogens with zero attached hydrogens (tertiary/aromatic N) is 1. The first kappa shape index (κ1) is 11.9. The van der Waals surface area contributed by atoms with Crippen LogP contribution in [-0.2, 0) is 0 Å². The monoisotopic (exact) mass is 297 g/mol. The molecule has 1 heterocycles. The van der Waals surface area contributed by atoms with Gasteiger partial charge in [-0.25, -0.2) is 8.78 Å². The Bertz CT molecular complexity index is 549. The van der Waals surface area contributed by atoms with Crippen LogP contribution in [0.25, 0.3) is 0 Å². The standard InChI is InChI=1S/C12H6BrF2NO/c13-8-1-2-11(16-6-8)12(17)7-3-9(14)5-10(15)4-7/h1-6H. The molecule has 2 nitrogen and oxygen atoms in total. The average molecular weight is 298 g/mol. The molecule has 17 heavy (non-hydrogen) atoms. The molecule has 0 spiro atoms. The summed E-state index contributed by atoms with van der Waals surface area (Å²) in [5.41, 5.74) is 0.0792. The molecule has 2 aromatic rings. The van der Waals surface area contributed by atoms with Crippen molar-refractivity contribution in [2.75, 3.05) is 0 Å². The molecule has 0 saturated heterocycles. The molecule has 86 valence electrons. The molecule has 0 N–H and O–H groups in total. The SMILES string of the molecule is O=C(c1cc(F)cc(F)c1)c1ccc(Br)cn1. The van der Waals surface area contributed by atoms with Gasteiger partial charge in [-0.05, 0) is 40.2 Å². The Hall–Kier alpha value is -1.62. The first-order valence-corrected chi connectivity index (χ1v) is 5.48. The Morgan fingerprint density at radius 2 is 1.76 bits per heavy atom. The van der Waals surface area contributed by atoms with Crippen molar-refractivity contribution in [3.63, 3.8) is 0 Å². The van der Waals surface area contributed by atoms with Gasteiger partial charge < -0.3 is 0 Å². The lowest BCUT2D eigenvalue weighted by molar-refractivity contribution is 0.103. The third-order valence-corrected chi connectivity index (χ3v) is 2.55. The molecule has 0 radical (unpaired) electrons. The van der Waals surface area contributed by atoms with E-state index in [1.807, 2.05) is 0 Å². The number of benzene rings is 1. The maximum Gasteiger partial charge on any atom is 0.211 e. The fourth-order valence-electron chi connectivity index (χ4n) is 1.34. The van der Waals surface area contributed by atoms with Gasteiger partial charge in [-0.3, -0.25) is 9.78 Å². The minimum Gasteiger partial charge on any atom is -0.287 e. The summed E-state index contributed by atoms with van der Waals surface area (Å²) in [6, 6.07) is 5.79. The van der Waals surface area contributed by atoms with Gasteiger partial charge in [0.15, 0.2) is 0 Å². The van der Waals surface area contributed by atoms with Gasteiger partial charge in [-0.1, -0.05) is 0 Å². The number of hydrogen-bond donors (Lipinski definition) is 0. The molecule has 0 fully saturated rings. The highest BCUT2D eigenvalue weighted by Crippen LogP contribution is 2.14. The first-order valence-electron chi connectivity index (χ1n) is 4.68. The molecule has 0 atom stereocenters. The van der Waals surface area contributed by atoms with Gasteiger partial charge in [-0.2, -0.15) is 0 Å². The second-order valence-electron chi connectivity index (χ2n) is 3.35. The van der Waals surface area contributed by atoms with E-state index in [1.165, 1.54) is 12.3 Å². The number of halogens is 3. The lowest BCUT2D eigenvalue weighted by Crippen LogP contribution is -2.04. The quantitative estimate of drug-likeness (QED) is 0.796. The van der Waals surface area contributed by atoms with Crippen molar-refractivity contribution in [2.24, 2.45) is 0 Å². The van der Waals surface area contributed by atoms with Crippen LogP contribution in [0.15, 0.2) is 41.0 Å². The number of ketones is 1. The van der Waals surface area contributed by atoms with Crippen LogP contribution in [0.4, 0.5) is 8.78 Å². The van der Waals surface area contributed by atoms with Crippen LogP contribution in [0.5, 0.6) is 0 Å². The van der Waals surface area contributed by atoms with E-state index in [0.717, 1.165) is 16.6 Å². The van der Waals surface area contributed by atoms with E-state index < -0.39 is 17.4 Å². The number of rotatable bonds is 2. The molecule has 0 aliphatic rings. The van der Waals surface area contributed by atoms with Gasteiger partial charge in [0.2, 0.25) is 5.78 Å². The highest BCUT2D eigenvalue weighted by molar-refractivity contribution is 9.10. The van der Waals surface area contributed by atoms with Gasteiger partial charge in [0, 0.05) is 22.3 Å². The molecule has 0 bridgehead atoms. The van der Waals surface area contributed by atoms with E-state index in [1.54, 1.807) is 6.07 Å². The highest BCUT2D eigenvalue weighted by atomic mass is 79.9. The molecule has 2 rings (SSSR count). The van der Waals surface area contributed by atoms with E-state index in [9.17, 15) is 13.6 Å². The summed E-state index contributed by atoms with van der Waals surface area (Å²) in [6.07, 6.45) is 1.45. The second kappa shape index (κ2) is 4.71. The van der Waals surface area contributed by atoms with Crippen molar-refractivity contribution < 1.29 is 13.6 Å². The van der Waals surface area contributed by atoms with Crippen molar-refractivity contribution in [1.29, 1.82) is 0 Å².